The second kappa shape index (κ2) is 15.4. The molecule has 0 saturated carbocycles. The molecule has 5 atom stereocenters. The molecule has 6 N–H and O–H groups in total. The van der Waals surface area contributed by atoms with Gasteiger partial charge in [-0.1, -0.05) is 20.3 Å². The molecule has 5 unspecified atom stereocenters. The Labute approximate surface area is 187 Å². The quantitative estimate of drug-likeness (QED) is 0.234. The Kier molecular flexibility index (Phi) is 14.6. The molecule has 11 heteroatoms. The van der Waals surface area contributed by atoms with Gasteiger partial charge in [-0.2, -0.15) is 23.5 Å². The second-order valence-electron chi connectivity index (χ2n) is 7.18. The molecule has 0 bridgehead atoms. The number of aliphatic carboxylic acids is 1. The molecule has 0 saturated heterocycles. The minimum Gasteiger partial charge on any atom is -0.480 e. The smallest absolute Gasteiger partial charge is 0.326 e. The van der Waals surface area contributed by atoms with Crippen molar-refractivity contribution >= 4 is 47.2 Å². The van der Waals surface area contributed by atoms with E-state index in [4.69, 9.17) is 5.73 Å². The van der Waals surface area contributed by atoms with Crippen LogP contribution in [0.3, 0.4) is 0 Å². The number of carboxylic acid groups (broad SMARTS) is 1. The lowest BCUT2D eigenvalue weighted by Crippen LogP contribution is -2.58. The minimum atomic E-state index is -1.12. The lowest BCUT2D eigenvalue weighted by atomic mass is 9.97. The van der Waals surface area contributed by atoms with Crippen molar-refractivity contribution in [2.75, 3.05) is 24.0 Å². The average Bonchev–Trinajstić information content (AvgIpc) is 2.70. The third-order valence-electron chi connectivity index (χ3n) is 4.68. The van der Waals surface area contributed by atoms with Gasteiger partial charge >= 0.3 is 5.97 Å². The zero-order chi connectivity index (χ0) is 23.3. The van der Waals surface area contributed by atoms with Gasteiger partial charge in [-0.15, -0.1) is 0 Å². The van der Waals surface area contributed by atoms with Crippen molar-refractivity contribution in [1.29, 1.82) is 0 Å². The first-order chi connectivity index (χ1) is 14.1. The highest BCUT2D eigenvalue weighted by atomic mass is 32.2. The van der Waals surface area contributed by atoms with Gasteiger partial charge in [-0.05, 0) is 49.7 Å². The number of carboxylic acids is 1. The zero-order valence-corrected chi connectivity index (χ0v) is 20.0. The largest absolute Gasteiger partial charge is 0.480 e. The van der Waals surface area contributed by atoms with Crippen LogP contribution in [0, 0.1) is 5.92 Å². The molecule has 174 valence electrons. The Hall–Kier alpha value is -1.46. The van der Waals surface area contributed by atoms with Crippen molar-refractivity contribution in [3.05, 3.63) is 0 Å². The molecule has 0 fully saturated rings. The fraction of sp³-hybridized carbons (Fsp3) is 0.789. The molecule has 0 aromatic heterocycles. The third kappa shape index (κ3) is 10.5. The third-order valence-corrected chi connectivity index (χ3v) is 5.96. The summed E-state index contributed by atoms with van der Waals surface area (Å²) in [6, 6.07) is -3.54. The lowest BCUT2D eigenvalue weighted by molar-refractivity contribution is -0.142. The van der Waals surface area contributed by atoms with Crippen LogP contribution in [0.5, 0.6) is 0 Å². The van der Waals surface area contributed by atoms with Gasteiger partial charge in [0.05, 0.1) is 6.04 Å². The monoisotopic (exact) mass is 464 g/mol. The van der Waals surface area contributed by atoms with E-state index in [2.05, 4.69) is 16.0 Å². The van der Waals surface area contributed by atoms with Crippen molar-refractivity contribution in [2.45, 2.75) is 64.2 Å². The maximum atomic E-state index is 12.9. The predicted molar refractivity (Wildman–Crippen MR) is 123 cm³/mol. The number of rotatable bonds is 15. The Balaban J connectivity index is 5.38. The molecular weight excluding hydrogens is 428 g/mol. The summed E-state index contributed by atoms with van der Waals surface area (Å²) in [4.78, 5) is 49.1. The summed E-state index contributed by atoms with van der Waals surface area (Å²) in [6.45, 7) is 5.24. The summed E-state index contributed by atoms with van der Waals surface area (Å²) in [7, 11) is 0. The second-order valence-corrected chi connectivity index (χ2v) is 9.16. The topological polar surface area (TPSA) is 151 Å². The van der Waals surface area contributed by atoms with Crippen LogP contribution in [-0.4, -0.2) is 77.0 Å². The van der Waals surface area contributed by atoms with E-state index in [0.29, 0.717) is 24.3 Å². The molecule has 0 spiro atoms. The number of hydrogen-bond donors (Lipinski definition) is 5. The van der Waals surface area contributed by atoms with E-state index in [-0.39, 0.29) is 12.3 Å². The highest BCUT2D eigenvalue weighted by Gasteiger charge is 2.31. The van der Waals surface area contributed by atoms with Crippen LogP contribution in [0.15, 0.2) is 0 Å². The van der Waals surface area contributed by atoms with E-state index >= 15 is 0 Å². The van der Waals surface area contributed by atoms with Crippen molar-refractivity contribution in [2.24, 2.45) is 11.7 Å². The molecule has 0 heterocycles. The summed E-state index contributed by atoms with van der Waals surface area (Å²) in [5.74, 6) is -1.61. The Morgan fingerprint density at radius 2 is 1.37 bits per heavy atom. The molecule has 3 amide bonds. The van der Waals surface area contributed by atoms with E-state index in [1.165, 1.54) is 30.4 Å². The summed E-state index contributed by atoms with van der Waals surface area (Å²) < 4.78 is 0. The van der Waals surface area contributed by atoms with Gasteiger partial charge in [0.15, 0.2) is 0 Å². The highest BCUT2D eigenvalue weighted by Crippen LogP contribution is 2.10. The van der Waals surface area contributed by atoms with Crippen LogP contribution in [-0.2, 0) is 19.2 Å². The van der Waals surface area contributed by atoms with Crippen LogP contribution in [0.2, 0.25) is 0 Å². The van der Waals surface area contributed by atoms with Gasteiger partial charge in [0.25, 0.3) is 0 Å². The first kappa shape index (κ1) is 28.5. The number of carbonyl (C=O) groups excluding carboxylic acids is 3. The summed E-state index contributed by atoms with van der Waals surface area (Å²) in [5, 5.41) is 17.2. The van der Waals surface area contributed by atoms with Crippen LogP contribution >= 0.6 is 23.5 Å². The lowest BCUT2D eigenvalue weighted by Gasteiger charge is -2.27. The van der Waals surface area contributed by atoms with Crippen molar-refractivity contribution < 1.29 is 24.3 Å². The van der Waals surface area contributed by atoms with Crippen LogP contribution in [0.1, 0.15) is 40.0 Å². The Bertz CT molecular complexity index is 577. The molecule has 30 heavy (non-hydrogen) atoms. The predicted octanol–water partition coefficient (Wildman–Crippen LogP) is 0.425. The summed E-state index contributed by atoms with van der Waals surface area (Å²) in [5.41, 5.74) is 5.60. The van der Waals surface area contributed by atoms with Gasteiger partial charge in [0, 0.05) is 0 Å². The average molecular weight is 465 g/mol. The molecule has 9 nitrogen and oxygen atoms in total. The number of nitrogens with two attached hydrogens (primary N) is 1. The fourth-order valence-corrected chi connectivity index (χ4v) is 3.46. The Morgan fingerprint density at radius 1 is 0.867 bits per heavy atom. The maximum absolute atomic E-state index is 12.9. The summed E-state index contributed by atoms with van der Waals surface area (Å²) >= 11 is 3.00. The minimum absolute atomic E-state index is 0.176. The van der Waals surface area contributed by atoms with Gasteiger partial charge in [-0.25, -0.2) is 4.79 Å². The molecule has 0 aliphatic heterocycles. The number of amides is 3. The maximum Gasteiger partial charge on any atom is 0.326 e. The molecule has 0 rings (SSSR count). The number of hydrogen-bond acceptors (Lipinski definition) is 7. The first-order valence-electron chi connectivity index (χ1n) is 9.96. The van der Waals surface area contributed by atoms with Gasteiger partial charge < -0.3 is 26.8 Å². The zero-order valence-electron chi connectivity index (χ0n) is 18.4. The van der Waals surface area contributed by atoms with Crippen molar-refractivity contribution in [3.8, 4) is 0 Å². The van der Waals surface area contributed by atoms with Crippen LogP contribution < -0.4 is 21.7 Å². The standard InChI is InChI=1S/C19H36N4O5S2/c1-6-11(2)15(23-16(24)12(3)20)18(26)21-13(7-9-29-4)17(25)22-14(19(27)28)8-10-30-5/h11-15H,6-10,20H2,1-5H3,(H,21,26)(H,22,25)(H,23,24)(H,27,28). The SMILES string of the molecule is CCC(C)C(NC(=O)C(C)N)C(=O)NC(CCSC)C(=O)NC(CCSC)C(=O)O. The molecule has 0 aliphatic carbocycles. The Morgan fingerprint density at radius 3 is 1.80 bits per heavy atom. The molecule has 0 aromatic rings. The fourth-order valence-electron chi connectivity index (χ4n) is 2.52. The van der Waals surface area contributed by atoms with Gasteiger partial charge in [0.1, 0.15) is 18.1 Å². The molecule has 0 aliphatic rings. The van der Waals surface area contributed by atoms with Gasteiger partial charge in [-0.3, -0.25) is 14.4 Å². The molecular formula is C19H36N4O5S2. The number of nitrogens with one attached hydrogen (secondary N) is 3. The van der Waals surface area contributed by atoms with Crippen LogP contribution in [0.4, 0.5) is 0 Å². The first-order valence-corrected chi connectivity index (χ1v) is 12.7. The van der Waals surface area contributed by atoms with Gasteiger partial charge in [0.2, 0.25) is 17.7 Å². The molecule has 0 aromatic carbocycles. The van der Waals surface area contributed by atoms with E-state index in [9.17, 15) is 24.3 Å². The molecule has 0 radical (unpaired) electrons. The van der Waals surface area contributed by atoms with E-state index in [0.717, 1.165) is 0 Å². The van der Waals surface area contributed by atoms with E-state index in [1.54, 1.807) is 0 Å². The van der Waals surface area contributed by atoms with Crippen molar-refractivity contribution in [3.63, 3.8) is 0 Å². The van der Waals surface area contributed by atoms with Crippen molar-refractivity contribution in [1.82, 2.24) is 16.0 Å². The van der Waals surface area contributed by atoms with E-state index < -0.39 is 47.9 Å². The highest BCUT2D eigenvalue weighted by molar-refractivity contribution is 7.98. The number of carbonyl (C=O) groups is 4. The van der Waals surface area contributed by atoms with Crippen LogP contribution in [0.25, 0.3) is 0 Å². The normalized spacial score (nSPS) is 15.9. The summed E-state index contributed by atoms with van der Waals surface area (Å²) in [6.07, 6.45) is 4.98. The van der Waals surface area contributed by atoms with E-state index in [1.807, 2.05) is 26.4 Å². The number of thioether (sulfide) groups is 2.